The molecule has 1 aliphatic heterocycles. The zero-order valence-electron chi connectivity index (χ0n) is 19.7. The van der Waals surface area contributed by atoms with Crippen LogP contribution < -0.4 is 21.0 Å². The number of para-hydroxylation sites is 1. The normalized spacial score (nSPS) is 24.3. The average Bonchev–Trinajstić information content (AvgIpc) is 3.08. The highest BCUT2D eigenvalue weighted by molar-refractivity contribution is 7.52. The number of aliphatic hydroxyl groups excluding tert-OH is 2. The molecule has 1 aromatic carbocycles. The van der Waals surface area contributed by atoms with Crippen LogP contribution in [0.15, 0.2) is 41.3 Å². The minimum absolute atomic E-state index is 0.151. The molecule has 0 spiro atoms. The summed E-state index contributed by atoms with van der Waals surface area (Å²) < 4.78 is 49.5. The maximum absolute atomic E-state index is 13.8. The highest BCUT2D eigenvalue weighted by atomic mass is 31.2. The van der Waals surface area contributed by atoms with Crippen LogP contribution in [-0.2, 0) is 23.4 Å². The van der Waals surface area contributed by atoms with Crippen molar-refractivity contribution in [2.45, 2.75) is 57.5 Å². The van der Waals surface area contributed by atoms with E-state index in [-0.39, 0.29) is 5.75 Å². The zero-order chi connectivity index (χ0) is 26.6. The Hall–Kier alpha value is -2.87. The molecule has 3 rings (SSSR count). The molecule has 1 aliphatic rings. The van der Waals surface area contributed by atoms with E-state index in [0.717, 1.165) is 0 Å². The van der Waals surface area contributed by atoms with Gasteiger partial charge in [-0.1, -0.05) is 18.2 Å². The molecule has 0 aliphatic carbocycles. The number of benzene rings is 1. The summed E-state index contributed by atoms with van der Waals surface area (Å²) in [6, 6.07) is 6.85. The molecule has 36 heavy (non-hydrogen) atoms. The Bertz CT molecular complexity index is 1170. The summed E-state index contributed by atoms with van der Waals surface area (Å²) in [5.74, 6) is -2.24. The highest BCUT2D eigenvalue weighted by Gasteiger charge is 2.46. The van der Waals surface area contributed by atoms with Gasteiger partial charge in [0.25, 0.3) is 0 Å². The number of nitrogen functional groups attached to an aromatic ring is 1. The van der Waals surface area contributed by atoms with E-state index in [9.17, 15) is 28.8 Å². The van der Waals surface area contributed by atoms with Crippen LogP contribution in [0.4, 0.5) is 10.2 Å². The van der Waals surface area contributed by atoms with Gasteiger partial charge in [-0.2, -0.15) is 10.1 Å². The van der Waals surface area contributed by atoms with Crippen molar-refractivity contribution < 1.29 is 42.5 Å². The SMILES string of the molecule is CC(C)OC(=O)C(C)NP(=O)(OCC1OC(n2cc(F)c(N)nc2=O)C(O)C1O)Oc1ccccc1. The number of ether oxygens (including phenoxy) is 2. The van der Waals surface area contributed by atoms with Gasteiger partial charge in [0.05, 0.1) is 18.9 Å². The second-order valence-corrected chi connectivity index (χ2v) is 9.94. The van der Waals surface area contributed by atoms with Crippen LogP contribution in [0.25, 0.3) is 0 Å². The lowest BCUT2D eigenvalue weighted by Gasteiger charge is -2.25. The lowest BCUT2D eigenvalue weighted by Crippen LogP contribution is -2.38. The van der Waals surface area contributed by atoms with Crippen molar-refractivity contribution in [2.75, 3.05) is 12.3 Å². The van der Waals surface area contributed by atoms with Gasteiger partial charge in [-0.05, 0) is 32.9 Å². The van der Waals surface area contributed by atoms with Gasteiger partial charge in [0.2, 0.25) is 0 Å². The van der Waals surface area contributed by atoms with E-state index in [0.29, 0.717) is 10.8 Å². The summed E-state index contributed by atoms with van der Waals surface area (Å²) in [6.07, 6.45) is -5.93. The van der Waals surface area contributed by atoms with Crippen LogP contribution in [0.5, 0.6) is 5.75 Å². The van der Waals surface area contributed by atoms with Crippen molar-refractivity contribution in [1.82, 2.24) is 14.6 Å². The monoisotopic (exact) mass is 530 g/mol. The number of carbonyl (C=O) groups excluding carboxylic acids is 1. The van der Waals surface area contributed by atoms with Gasteiger partial charge >= 0.3 is 19.4 Å². The smallest absolute Gasteiger partial charge is 0.459 e. The van der Waals surface area contributed by atoms with E-state index in [2.05, 4.69) is 10.1 Å². The molecule has 6 unspecified atom stereocenters. The number of nitrogens with one attached hydrogen (secondary N) is 1. The fourth-order valence-electron chi connectivity index (χ4n) is 3.24. The summed E-state index contributed by atoms with van der Waals surface area (Å²) in [4.78, 5) is 27.6. The summed E-state index contributed by atoms with van der Waals surface area (Å²) in [6.45, 7) is 4.08. The number of esters is 1. The summed E-state index contributed by atoms with van der Waals surface area (Å²) >= 11 is 0. The van der Waals surface area contributed by atoms with Crippen molar-refractivity contribution in [2.24, 2.45) is 0 Å². The van der Waals surface area contributed by atoms with Crippen LogP contribution in [0.1, 0.15) is 27.0 Å². The molecule has 1 fully saturated rings. The molecule has 0 bridgehead atoms. The van der Waals surface area contributed by atoms with Crippen molar-refractivity contribution in [3.05, 3.63) is 52.8 Å². The van der Waals surface area contributed by atoms with Gasteiger partial charge in [0.1, 0.15) is 30.1 Å². The fraction of sp³-hybridized carbons (Fsp3) is 0.476. The van der Waals surface area contributed by atoms with E-state index < -0.39 is 74.3 Å². The van der Waals surface area contributed by atoms with Crippen LogP contribution in [0.2, 0.25) is 0 Å². The first-order chi connectivity index (χ1) is 16.9. The number of nitrogens with zero attached hydrogens (tertiary/aromatic N) is 2. The quantitative estimate of drug-likeness (QED) is 0.250. The molecule has 2 aromatic rings. The summed E-state index contributed by atoms with van der Waals surface area (Å²) in [7, 11) is -4.29. The number of halogens is 1. The number of aromatic nitrogens is 2. The molecule has 0 radical (unpaired) electrons. The van der Waals surface area contributed by atoms with E-state index in [4.69, 9.17) is 24.3 Å². The molecule has 15 heteroatoms. The second kappa shape index (κ2) is 11.5. The third kappa shape index (κ3) is 6.66. The predicted octanol–water partition coefficient (Wildman–Crippen LogP) is 0.717. The molecule has 13 nitrogen and oxygen atoms in total. The summed E-state index contributed by atoms with van der Waals surface area (Å²) in [5, 5.41) is 23.3. The van der Waals surface area contributed by atoms with Crippen molar-refractivity contribution in [3.63, 3.8) is 0 Å². The topological polar surface area (TPSA) is 184 Å². The number of hydrogen-bond acceptors (Lipinski definition) is 11. The maximum atomic E-state index is 13.8. The first-order valence-electron chi connectivity index (χ1n) is 10.9. The first kappa shape index (κ1) is 27.7. The molecule has 1 saturated heterocycles. The molecule has 6 atom stereocenters. The zero-order valence-corrected chi connectivity index (χ0v) is 20.6. The second-order valence-electron chi connectivity index (χ2n) is 8.24. The Morgan fingerprint density at radius 3 is 2.58 bits per heavy atom. The molecular formula is C21H28FN4O9P. The van der Waals surface area contributed by atoms with E-state index >= 15 is 0 Å². The minimum atomic E-state index is -4.29. The lowest BCUT2D eigenvalue weighted by molar-refractivity contribution is -0.149. The number of rotatable bonds is 10. The van der Waals surface area contributed by atoms with Gasteiger partial charge in [-0.15, -0.1) is 0 Å². The van der Waals surface area contributed by atoms with Crippen LogP contribution in [0.3, 0.4) is 0 Å². The summed E-state index contributed by atoms with van der Waals surface area (Å²) in [5.41, 5.74) is 4.24. The Morgan fingerprint density at radius 2 is 1.94 bits per heavy atom. The van der Waals surface area contributed by atoms with Gasteiger partial charge in [-0.25, -0.2) is 13.8 Å². The van der Waals surface area contributed by atoms with Crippen molar-refractivity contribution in [3.8, 4) is 5.75 Å². The third-order valence-corrected chi connectivity index (χ3v) is 6.62. The fourth-order valence-corrected chi connectivity index (χ4v) is 4.74. The van der Waals surface area contributed by atoms with Crippen LogP contribution >= 0.6 is 7.75 Å². The Morgan fingerprint density at radius 1 is 1.28 bits per heavy atom. The van der Waals surface area contributed by atoms with E-state index in [1.807, 2.05) is 0 Å². The highest BCUT2D eigenvalue weighted by Crippen LogP contribution is 2.46. The molecule has 198 valence electrons. The molecular weight excluding hydrogens is 502 g/mol. The Kier molecular flexibility index (Phi) is 8.82. The molecule has 0 saturated carbocycles. The number of hydrogen-bond donors (Lipinski definition) is 4. The van der Waals surface area contributed by atoms with Gasteiger partial charge in [-0.3, -0.25) is 13.9 Å². The van der Waals surface area contributed by atoms with Crippen LogP contribution in [0, 0.1) is 5.82 Å². The number of nitrogens with two attached hydrogens (primary N) is 1. The van der Waals surface area contributed by atoms with Crippen LogP contribution in [-0.4, -0.2) is 62.8 Å². The Labute approximate surface area is 205 Å². The lowest BCUT2D eigenvalue weighted by atomic mass is 10.1. The van der Waals surface area contributed by atoms with Gasteiger partial charge in [0.15, 0.2) is 17.9 Å². The molecule has 2 heterocycles. The predicted molar refractivity (Wildman–Crippen MR) is 123 cm³/mol. The third-order valence-electron chi connectivity index (χ3n) is 4.98. The standard InChI is InChI=1S/C21H28FN4O9P/c1-11(2)33-20(29)12(3)25-36(31,35-13-7-5-4-6-8-13)32-10-15-16(27)17(28)19(34-15)26-9-14(22)18(23)24-21(26)30/h4-9,11-12,15-17,19,27-28H,10H2,1-3H3,(H,25,31)(H2,23,24,30). The number of anilines is 1. The average molecular weight is 530 g/mol. The number of aliphatic hydroxyl groups is 2. The molecule has 1 aromatic heterocycles. The molecule has 5 N–H and O–H groups in total. The maximum Gasteiger partial charge on any atom is 0.459 e. The minimum Gasteiger partial charge on any atom is -0.462 e. The van der Waals surface area contributed by atoms with Crippen molar-refractivity contribution in [1.29, 1.82) is 0 Å². The largest absolute Gasteiger partial charge is 0.462 e. The van der Waals surface area contributed by atoms with Gasteiger partial charge in [0, 0.05) is 0 Å². The van der Waals surface area contributed by atoms with Gasteiger partial charge < -0.3 is 29.9 Å². The molecule has 0 amide bonds. The van der Waals surface area contributed by atoms with E-state index in [1.165, 1.54) is 19.1 Å². The van der Waals surface area contributed by atoms with Crippen molar-refractivity contribution >= 4 is 19.5 Å². The van der Waals surface area contributed by atoms with E-state index in [1.54, 1.807) is 32.0 Å². The Balaban J connectivity index is 1.77. The number of carbonyl (C=O) groups is 1. The first-order valence-corrected chi connectivity index (χ1v) is 12.5.